The molecule has 3 atom stereocenters. The van der Waals surface area contributed by atoms with Crippen LogP contribution in [0.1, 0.15) is 38.7 Å². The number of halogens is 1. The topological polar surface area (TPSA) is 12.0 Å². The summed E-state index contributed by atoms with van der Waals surface area (Å²) in [7, 11) is 0. The molecule has 0 heterocycles. The van der Waals surface area contributed by atoms with Gasteiger partial charge in [-0.3, -0.25) is 0 Å². The fraction of sp³-hybridized carbons (Fsp3) is 0.600. The van der Waals surface area contributed by atoms with E-state index in [1.807, 2.05) is 0 Å². The van der Waals surface area contributed by atoms with Crippen LogP contribution < -0.4 is 5.32 Å². The van der Waals surface area contributed by atoms with Crippen molar-refractivity contribution in [1.29, 1.82) is 0 Å². The van der Waals surface area contributed by atoms with E-state index < -0.39 is 0 Å². The minimum absolute atomic E-state index is 0.722. The van der Waals surface area contributed by atoms with Crippen LogP contribution in [0.15, 0.2) is 24.3 Å². The van der Waals surface area contributed by atoms with E-state index in [1.165, 1.54) is 28.4 Å². The van der Waals surface area contributed by atoms with Gasteiger partial charge in [-0.1, -0.05) is 32.4 Å². The Bertz CT molecular complexity index is 346. The van der Waals surface area contributed by atoms with Crippen LogP contribution in [0.4, 0.5) is 0 Å². The Labute approximate surface area is 119 Å². The monoisotopic (exact) mass is 343 g/mol. The highest BCUT2D eigenvalue weighted by atomic mass is 127. The second-order valence-corrected chi connectivity index (χ2v) is 6.46. The minimum atomic E-state index is 0.722. The van der Waals surface area contributed by atoms with Gasteiger partial charge in [0.2, 0.25) is 0 Å². The van der Waals surface area contributed by atoms with Crippen molar-refractivity contribution >= 4 is 22.6 Å². The molecule has 0 amide bonds. The summed E-state index contributed by atoms with van der Waals surface area (Å²) >= 11 is 2.35. The van der Waals surface area contributed by atoms with Gasteiger partial charge in [0.05, 0.1) is 0 Å². The molecule has 1 N–H and O–H groups in total. The molecule has 0 radical (unpaired) electrons. The standard InChI is InChI=1S/C15H22IN/c1-3-13-6-9-15(11(13)2)17-10-12-4-7-14(16)8-5-12/h4-5,7-8,11,13,15,17H,3,6,9-10H2,1-2H3. The van der Waals surface area contributed by atoms with E-state index in [4.69, 9.17) is 0 Å². The average Bonchev–Trinajstić information content (AvgIpc) is 2.69. The summed E-state index contributed by atoms with van der Waals surface area (Å²) in [5.41, 5.74) is 1.40. The molecule has 3 unspecified atom stereocenters. The minimum Gasteiger partial charge on any atom is -0.310 e. The lowest BCUT2D eigenvalue weighted by atomic mass is 9.93. The van der Waals surface area contributed by atoms with E-state index in [1.54, 1.807) is 0 Å². The van der Waals surface area contributed by atoms with Gasteiger partial charge in [-0.05, 0) is 65.0 Å². The lowest BCUT2D eigenvalue weighted by Gasteiger charge is -2.21. The van der Waals surface area contributed by atoms with Gasteiger partial charge in [0.15, 0.2) is 0 Å². The SMILES string of the molecule is CCC1CCC(NCc2ccc(I)cc2)C1C. The van der Waals surface area contributed by atoms with E-state index in [9.17, 15) is 0 Å². The number of rotatable bonds is 4. The first kappa shape index (κ1) is 13.3. The van der Waals surface area contributed by atoms with E-state index in [-0.39, 0.29) is 0 Å². The van der Waals surface area contributed by atoms with Crippen LogP contribution in [0.3, 0.4) is 0 Å². The number of benzene rings is 1. The fourth-order valence-corrected chi connectivity index (χ4v) is 3.32. The number of hydrogen-bond acceptors (Lipinski definition) is 1. The molecule has 2 heteroatoms. The Morgan fingerprint density at radius 3 is 2.53 bits per heavy atom. The van der Waals surface area contributed by atoms with Crippen LogP contribution in [0.2, 0.25) is 0 Å². The largest absolute Gasteiger partial charge is 0.310 e. The summed E-state index contributed by atoms with van der Waals surface area (Å²) in [6, 6.07) is 9.55. The smallest absolute Gasteiger partial charge is 0.0208 e. The highest BCUT2D eigenvalue weighted by Crippen LogP contribution is 2.33. The molecule has 2 rings (SSSR count). The first-order chi connectivity index (χ1) is 8.20. The first-order valence-electron chi connectivity index (χ1n) is 6.68. The molecule has 0 aromatic heterocycles. The lowest BCUT2D eigenvalue weighted by molar-refractivity contribution is 0.344. The maximum absolute atomic E-state index is 3.73. The van der Waals surface area contributed by atoms with Crippen molar-refractivity contribution in [2.24, 2.45) is 11.8 Å². The molecule has 1 aliphatic carbocycles. The normalized spacial score (nSPS) is 28.5. The highest BCUT2D eigenvalue weighted by Gasteiger charge is 2.30. The Morgan fingerprint density at radius 2 is 1.94 bits per heavy atom. The molecule has 1 fully saturated rings. The van der Waals surface area contributed by atoms with Gasteiger partial charge in [-0.15, -0.1) is 0 Å². The fourth-order valence-electron chi connectivity index (χ4n) is 2.96. The summed E-state index contributed by atoms with van der Waals surface area (Å²) in [4.78, 5) is 0. The van der Waals surface area contributed by atoms with Gasteiger partial charge in [0, 0.05) is 16.2 Å². The third-order valence-corrected chi connectivity index (χ3v) is 4.95. The van der Waals surface area contributed by atoms with Crippen LogP contribution in [0, 0.1) is 15.4 Å². The van der Waals surface area contributed by atoms with Gasteiger partial charge < -0.3 is 5.32 Å². The summed E-state index contributed by atoms with van der Waals surface area (Å²) in [5, 5.41) is 3.73. The third-order valence-electron chi connectivity index (χ3n) is 4.23. The number of nitrogens with one attached hydrogen (secondary N) is 1. The molecule has 1 nitrogen and oxygen atoms in total. The second kappa shape index (κ2) is 6.19. The average molecular weight is 343 g/mol. The van der Waals surface area contributed by atoms with E-state index >= 15 is 0 Å². The molecular formula is C15H22IN. The molecule has 1 aromatic carbocycles. The van der Waals surface area contributed by atoms with Gasteiger partial charge in [0.1, 0.15) is 0 Å². The molecule has 0 spiro atoms. The maximum atomic E-state index is 3.73. The van der Waals surface area contributed by atoms with Crippen LogP contribution >= 0.6 is 22.6 Å². The molecule has 1 aliphatic rings. The quantitative estimate of drug-likeness (QED) is 0.808. The summed E-state index contributed by atoms with van der Waals surface area (Å²) < 4.78 is 1.31. The van der Waals surface area contributed by atoms with Crippen LogP contribution in [0.25, 0.3) is 0 Å². The molecule has 1 aromatic rings. The Hall–Kier alpha value is -0.0900. The molecule has 0 aliphatic heterocycles. The summed E-state index contributed by atoms with van der Waals surface area (Å²) in [6.45, 7) is 5.75. The molecule has 1 saturated carbocycles. The molecule has 17 heavy (non-hydrogen) atoms. The lowest BCUT2D eigenvalue weighted by Crippen LogP contribution is -2.32. The van der Waals surface area contributed by atoms with Crippen molar-refractivity contribution in [1.82, 2.24) is 5.32 Å². The van der Waals surface area contributed by atoms with Crippen LogP contribution in [-0.4, -0.2) is 6.04 Å². The Balaban J connectivity index is 1.84. The van der Waals surface area contributed by atoms with Crippen LogP contribution in [0.5, 0.6) is 0 Å². The van der Waals surface area contributed by atoms with Gasteiger partial charge in [-0.2, -0.15) is 0 Å². The zero-order valence-electron chi connectivity index (χ0n) is 10.7. The second-order valence-electron chi connectivity index (χ2n) is 5.22. The molecular weight excluding hydrogens is 321 g/mol. The Kier molecular flexibility index (Phi) is 4.86. The van der Waals surface area contributed by atoms with E-state index in [2.05, 4.69) is 66.0 Å². The Morgan fingerprint density at radius 1 is 1.24 bits per heavy atom. The maximum Gasteiger partial charge on any atom is 0.0208 e. The highest BCUT2D eigenvalue weighted by molar-refractivity contribution is 14.1. The van der Waals surface area contributed by atoms with Crippen molar-refractivity contribution in [2.45, 2.75) is 45.7 Å². The van der Waals surface area contributed by atoms with Crippen molar-refractivity contribution in [2.75, 3.05) is 0 Å². The van der Waals surface area contributed by atoms with E-state index in [0.29, 0.717) is 0 Å². The van der Waals surface area contributed by atoms with Crippen molar-refractivity contribution in [3.05, 3.63) is 33.4 Å². The third kappa shape index (κ3) is 3.44. The van der Waals surface area contributed by atoms with Crippen molar-refractivity contribution < 1.29 is 0 Å². The zero-order chi connectivity index (χ0) is 12.3. The van der Waals surface area contributed by atoms with Crippen LogP contribution in [-0.2, 0) is 6.54 Å². The van der Waals surface area contributed by atoms with Gasteiger partial charge in [0.25, 0.3) is 0 Å². The molecule has 0 bridgehead atoms. The zero-order valence-corrected chi connectivity index (χ0v) is 12.9. The van der Waals surface area contributed by atoms with Crippen molar-refractivity contribution in [3.63, 3.8) is 0 Å². The predicted molar refractivity (Wildman–Crippen MR) is 82.0 cm³/mol. The van der Waals surface area contributed by atoms with Crippen molar-refractivity contribution in [3.8, 4) is 0 Å². The first-order valence-corrected chi connectivity index (χ1v) is 7.76. The summed E-state index contributed by atoms with van der Waals surface area (Å²) in [5.74, 6) is 1.77. The van der Waals surface area contributed by atoms with E-state index in [0.717, 1.165) is 24.4 Å². The molecule has 94 valence electrons. The summed E-state index contributed by atoms with van der Waals surface area (Å²) in [6.07, 6.45) is 4.09. The number of hydrogen-bond donors (Lipinski definition) is 1. The van der Waals surface area contributed by atoms with Gasteiger partial charge in [-0.25, -0.2) is 0 Å². The predicted octanol–water partition coefficient (Wildman–Crippen LogP) is 4.21. The molecule has 0 saturated heterocycles. The van der Waals surface area contributed by atoms with Gasteiger partial charge >= 0.3 is 0 Å².